The lowest BCUT2D eigenvalue weighted by Crippen LogP contribution is -2.07. The van der Waals surface area contributed by atoms with Gasteiger partial charge in [0.2, 0.25) is 0 Å². The van der Waals surface area contributed by atoms with E-state index in [2.05, 4.69) is 0 Å². The van der Waals surface area contributed by atoms with Crippen LogP contribution in [-0.4, -0.2) is 22.9 Å². The Morgan fingerprint density at radius 1 is 1.00 bits per heavy atom. The molecule has 0 saturated heterocycles. The lowest BCUT2D eigenvalue weighted by atomic mass is 10.0. The Bertz CT molecular complexity index is 1310. The SMILES string of the molecule is CCC(=O)Oc1cccc(-c2cc(-c3ccc(Cl)c(Cl)c3)n(-c3ccc(OC)cc3)n2)c1C. The van der Waals surface area contributed by atoms with E-state index >= 15 is 0 Å². The first-order valence-electron chi connectivity index (χ1n) is 10.4. The van der Waals surface area contributed by atoms with E-state index in [0.29, 0.717) is 22.2 Å². The third kappa shape index (κ3) is 4.75. The third-order valence-electron chi connectivity index (χ3n) is 5.31. The van der Waals surface area contributed by atoms with Gasteiger partial charge >= 0.3 is 5.97 Å². The number of carbonyl (C=O) groups excluding carboxylic acids is 1. The van der Waals surface area contributed by atoms with Gasteiger partial charge in [-0.05, 0) is 55.5 Å². The summed E-state index contributed by atoms with van der Waals surface area (Å²) < 4.78 is 12.6. The molecule has 33 heavy (non-hydrogen) atoms. The van der Waals surface area contributed by atoms with Crippen LogP contribution >= 0.6 is 23.2 Å². The Kier molecular flexibility index (Phi) is 6.72. The molecular formula is C26H22Cl2N2O3. The molecule has 0 radical (unpaired) electrons. The highest BCUT2D eigenvalue weighted by Crippen LogP contribution is 2.35. The van der Waals surface area contributed by atoms with Gasteiger partial charge < -0.3 is 9.47 Å². The summed E-state index contributed by atoms with van der Waals surface area (Å²) in [5.74, 6) is 0.994. The van der Waals surface area contributed by atoms with Crippen molar-refractivity contribution >= 4 is 29.2 Å². The van der Waals surface area contributed by atoms with Gasteiger partial charge in [0, 0.05) is 23.1 Å². The molecule has 4 rings (SSSR count). The second kappa shape index (κ2) is 9.69. The summed E-state index contributed by atoms with van der Waals surface area (Å²) in [6.45, 7) is 3.68. The average molecular weight is 481 g/mol. The zero-order valence-corrected chi connectivity index (χ0v) is 19.9. The predicted molar refractivity (Wildman–Crippen MR) is 132 cm³/mol. The molecule has 0 saturated carbocycles. The second-order valence-corrected chi connectivity index (χ2v) is 8.22. The van der Waals surface area contributed by atoms with Crippen LogP contribution in [0.25, 0.3) is 28.2 Å². The molecule has 4 aromatic rings. The Labute approximate surface area is 202 Å². The van der Waals surface area contributed by atoms with E-state index in [9.17, 15) is 4.79 Å². The highest BCUT2D eigenvalue weighted by atomic mass is 35.5. The summed E-state index contributed by atoms with van der Waals surface area (Å²) in [4.78, 5) is 11.8. The molecule has 0 aliphatic carbocycles. The predicted octanol–water partition coefficient (Wildman–Crippen LogP) is 7.15. The number of aromatic nitrogens is 2. The quantitative estimate of drug-likeness (QED) is 0.217. The van der Waals surface area contributed by atoms with Crippen LogP contribution in [-0.2, 0) is 4.79 Å². The number of halogens is 2. The molecular weight excluding hydrogens is 459 g/mol. The fourth-order valence-corrected chi connectivity index (χ4v) is 3.79. The van der Waals surface area contributed by atoms with E-state index in [1.54, 1.807) is 26.2 Å². The van der Waals surface area contributed by atoms with Crippen molar-refractivity contribution in [3.8, 4) is 39.7 Å². The summed E-state index contributed by atoms with van der Waals surface area (Å²) in [6.07, 6.45) is 0.303. The number of methoxy groups -OCH3 is 1. The highest BCUT2D eigenvalue weighted by Gasteiger charge is 2.17. The van der Waals surface area contributed by atoms with Gasteiger partial charge in [0.05, 0.1) is 34.2 Å². The first-order valence-corrected chi connectivity index (χ1v) is 11.2. The van der Waals surface area contributed by atoms with Crippen molar-refractivity contribution in [2.24, 2.45) is 0 Å². The van der Waals surface area contributed by atoms with Crippen LogP contribution in [0.5, 0.6) is 11.5 Å². The van der Waals surface area contributed by atoms with E-state index in [-0.39, 0.29) is 5.97 Å². The van der Waals surface area contributed by atoms with Crippen molar-refractivity contribution in [1.82, 2.24) is 9.78 Å². The maximum atomic E-state index is 11.8. The molecule has 5 nitrogen and oxygen atoms in total. The zero-order valence-electron chi connectivity index (χ0n) is 18.4. The number of hydrogen-bond donors (Lipinski definition) is 0. The molecule has 1 aromatic heterocycles. The fourth-order valence-electron chi connectivity index (χ4n) is 3.49. The van der Waals surface area contributed by atoms with Crippen LogP contribution in [0.2, 0.25) is 10.0 Å². The third-order valence-corrected chi connectivity index (χ3v) is 6.05. The van der Waals surface area contributed by atoms with Crippen LogP contribution in [0.15, 0.2) is 66.7 Å². The molecule has 0 N–H and O–H groups in total. The van der Waals surface area contributed by atoms with Gasteiger partial charge in [-0.3, -0.25) is 4.79 Å². The van der Waals surface area contributed by atoms with E-state index in [4.69, 9.17) is 37.8 Å². The van der Waals surface area contributed by atoms with Crippen LogP contribution in [0.1, 0.15) is 18.9 Å². The lowest BCUT2D eigenvalue weighted by Gasteiger charge is -2.10. The standard InChI is InChI=1S/C26H22Cl2N2O3/c1-4-26(31)33-25-7-5-6-20(16(25)2)23-15-24(17-8-13-21(27)22(28)14-17)30(29-23)18-9-11-19(32-3)12-10-18/h5-15H,4H2,1-3H3. The number of rotatable bonds is 6. The smallest absolute Gasteiger partial charge is 0.310 e. The molecule has 0 aliphatic heterocycles. The minimum atomic E-state index is -0.282. The number of carbonyl (C=O) groups is 1. The molecule has 0 fully saturated rings. The minimum absolute atomic E-state index is 0.282. The maximum Gasteiger partial charge on any atom is 0.310 e. The summed E-state index contributed by atoms with van der Waals surface area (Å²) in [5.41, 5.74) is 4.99. The molecule has 0 atom stereocenters. The van der Waals surface area contributed by atoms with Crippen LogP contribution in [0.3, 0.4) is 0 Å². The van der Waals surface area contributed by atoms with Gasteiger partial charge in [-0.25, -0.2) is 4.68 Å². The monoisotopic (exact) mass is 480 g/mol. The zero-order chi connectivity index (χ0) is 23.5. The van der Waals surface area contributed by atoms with E-state index in [1.165, 1.54) is 0 Å². The normalized spacial score (nSPS) is 10.8. The van der Waals surface area contributed by atoms with Crippen molar-refractivity contribution in [3.63, 3.8) is 0 Å². The van der Waals surface area contributed by atoms with Gasteiger partial charge in [-0.2, -0.15) is 5.10 Å². The number of esters is 1. The molecule has 168 valence electrons. The first kappa shape index (κ1) is 22.9. The van der Waals surface area contributed by atoms with Gasteiger partial charge in [0.25, 0.3) is 0 Å². The minimum Gasteiger partial charge on any atom is -0.497 e. The largest absolute Gasteiger partial charge is 0.497 e. The molecule has 1 heterocycles. The van der Waals surface area contributed by atoms with Crippen molar-refractivity contribution in [2.45, 2.75) is 20.3 Å². The van der Waals surface area contributed by atoms with Gasteiger partial charge in [0.1, 0.15) is 11.5 Å². The Balaban J connectivity index is 1.87. The van der Waals surface area contributed by atoms with Gasteiger partial charge in [0.15, 0.2) is 0 Å². The topological polar surface area (TPSA) is 53.4 Å². The van der Waals surface area contributed by atoms with Crippen molar-refractivity contribution in [2.75, 3.05) is 7.11 Å². The Morgan fingerprint density at radius 3 is 2.42 bits per heavy atom. The van der Waals surface area contributed by atoms with Crippen LogP contribution in [0.4, 0.5) is 0 Å². The average Bonchev–Trinajstić information content (AvgIpc) is 3.27. The number of ether oxygens (including phenoxy) is 2. The van der Waals surface area contributed by atoms with E-state index < -0.39 is 0 Å². The number of hydrogen-bond acceptors (Lipinski definition) is 4. The summed E-state index contributed by atoms with van der Waals surface area (Å²) in [5, 5.41) is 5.84. The summed E-state index contributed by atoms with van der Waals surface area (Å²) in [7, 11) is 1.63. The van der Waals surface area contributed by atoms with E-state index in [0.717, 1.165) is 39.5 Å². The van der Waals surface area contributed by atoms with Gasteiger partial charge in [-0.1, -0.05) is 48.3 Å². The van der Waals surface area contributed by atoms with Crippen molar-refractivity contribution in [3.05, 3.63) is 82.3 Å². The Hall–Kier alpha value is -3.28. The van der Waals surface area contributed by atoms with Gasteiger partial charge in [-0.15, -0.1) is 0 Å². The molecule has 0 aliphatic rings. The molecule has 0 bridgehead atoms. The molecule has 0 amide bonds. The van der Waals surface area contributed by atoms with Crippen LogP contribution in [0, 0.1) is 6.92 Å². The van der Waals surface area contributed by atoms with Crippen LogP contribution < -0.4 is 9.47 Å². The summed E-state index contributed by atoms with van der Waals surface area (Å²) in [6, 6.07) is 20.7. The molecule has 0 unspecified atom stereocenters. The van der Waals surface area contributed by atoms with E-state index in [1.807, 2.05) is 66.2 Å². The highest BCUT2D eigenvalue weighted by molar-refractivity contribution is 6.42. The number of nitrogens with zero attached hydrogens (tertiary/aromatic N) is 2. The maximum absolute atomic E-state index is 11.8. The fraction of sp³-hybridized carbons (Fsp3) is 0.154. The molecule has 0 spiro atoms. The Morgan fingerprint density at radius 2 is 1.76 bits per heavy atom. The molecule has 7 heteroatoms. The summed E-state index contributed by atoms with van der Waals surface area (Å²) >= 11 is 12.4. The van der Waals surface area contributed by atoms with Crippen molar-refractivity contribution < 1.29 is 14.3 Å². The van der Waals surface area contributed by atoms with Crippen molar-refractivity contribution in [1.29, 1.82) is 0 Å². The second-order valence-electron chi connectivity index (χ2n) is 7.41. The lowest BCUT2D eigenvalue weighted by molar-refractivity contribution is -0.134. The first-order chi connectivity index (χ1) is 15.9. The number of benzene rings is 3. The molecule has 3 aromatic carbocycles.